The Bertz CT molecular complexity index is 248. The summed E-state index contributed by atoms with van der Waals surface area (Å²) in [7, 11) is 0. The molecule has 2 heteroatoms. The van der Waals surface area contributed by atoms with E-state index in [0.29, 0.717) is 5.54 Å². The van der Waals surface area contributed by atoms with Crippen LogP contribution in [0.3, 0.4) is 0 Å². The molecule has 0 bridgehead atoms. The second-order valence-electron chi connectivity index (χ2n) is 7.07. The van der Waals surface area contributed by atoms with E-state index in [1.807, 2.05) is 0 Å². The molecular weight excluding hydrogens is 184 g/mol. The average Bonchev–Trinajstić information content (AvgIpc) is 2.71. The van der Waals surface area contributed by atoms with Crippen LogP contribution in [0.1, 0.15) is 46.5 Å². The number of hydrogen-bond acceptors (Lipinski definition) is 2. The fraction of sp³-hybridized carbons (Fsp3) is 1.00. The molecule has 3 aliphatic rings. The molecule has 2 saturated carbocycles. The average molecular weight is 208 g/mol. The van der Waals surface area contributed by atoms with Crippen molar-refractivity contribution in [3.63, 3.8) is 0 Å². The zero-order valence-corrected chi connectivity index (χ0v) is 10.3. The van der Waals surface area contributed by atoms with Crippen LogP contribution in [0.4, 0.5) is 0 Å². The molecule has 86 valence electrons. The maximum absolute atomic E-state index is 3.75. The first kappa shape index (κ1) is 10.1. The van der Waals surface area contributed by atoms with E-state index in [1.54, 1.807) is 0 Å². The molecule has 1 heterocycles. The number of likely N-dealkylation sites (tertiary alicyclic amines) is 1. The van der Waals surface area contributed by atoms with Crippen molar-refractivity contribution in [2.24, 2.45) is 5.41 Å². The van der Waals surface area contributed by atoms with Crippen LogP contribution in [0.25, 0.3) is 0 Å². The van der Waals surface area contributed by atoms with E-state index in [9.17, 15) is 0 Å². The van der Waals surface area contributed by atoms with Crippen LogP contribution in [-0.2, 0) is 0 Å². The van der Waals surface area contributed by atoms with Crippen LogP contribution >= 0.6 is 0 Å². The van der Waals surface area contributed by atoms with Crippen molar-refractivity contribution in [3.05, 3.63) is 0 Å². The van der Waals surface area contributed by atoms with Gasteiger partial charge in [0.05, 0.1) is 0 Å². The summed E-state index contributed by atoms with van der Waals surface area (Å²) in [5.74, 6) is 0. The predicted molar refractivity (Wildman–Crippen MR) is 62.9 cm³/mol. The highest BCUT2D eigenvalue weighted by molar-refractivity contribution is 5.10. The van der Waals surface area contributed by atoms with Gasteiger partial charge in [0.25, 0.3) is 0 Å². The van der Waals surface area contributed by atoms with Gasteiger partial charge in [-0.15, -0.1) is 0 Å². The molecule has 1 N–H and O–H groups in total. The minimum atomic E-state index is 0.389. The molecule has 0 aromatic rings. The highest BCUT2D eigenvalue weighted by atomic mass is 15.3. The molecule has 1 spiro atoms. The van der Waals surface area contributed by atoms with Crippen LogP contribution in [0.2, 0.25) is 0 Å². The first-order valence-corrected chi connectivity index (χ1v) is 6.48. The predicted octanol–water partition coefficient (Wildman–Crippen LogP) is 2.00. The Morgan fingerprint density at radius 3 is 2.13 bits per heavy atom. The molecular formula is C13H24N2. The number of hydrogen-bond donors (Lipinski definition) is 1. The Labute approximate surface area is 93.4 Å². The maximum atomic E-state index is 3.75. The highest BCUT2D eigenvalue weighted by Crippen LogP contribution is 2.50. The van der Waals surface area contributed by atoms with Crippen LogP contribution in [0, 0.1) is 5.41 Å². The highest BCUT2D eigenvalue weighted by Gasteiger charge is 2.54. The Kier molecular flexibility index (Phi) is 2.01. The second-order valence-corrected chi connectivity index (χ2v) is 7.07. The molecule has 3 fully saturated rings. The van der Waals surface area contributed by atoms with Gasteiger partial charge < -0.3 is 5.32 Å². The first-order chi connectivity index (χ1) is 6.97. The molecule has 0 radical (unpaired) electrons. The summed E-state index contributed by atoms with van der Waals surface area (Å²) in [6.07, 6.45) is 5.74. The van der Waals surface area contributed by atoms with Gasteiger partial charge in [0, 0.05) is 30.7 Å². The van der Waals surface area contributed by atoms with Gasteiger partial charge >= 0.3 is 0 Å². The smallest absolute Gasteiger partial charge is 0.0125 e. The third-order valence-electron chi connectivity index (χ3n) is 4.41. The SMILES string of the molecule is CC(C)(C)N1CC2(CC(NC3CC3)C2)C1. The third kappa shape index (κ3) is 1.83. The molecule has 2 aliphatic carbocycles. The minimum Gasteiger partial charge on any atom is -0.311 e. The van der Waals surface area contributed by atoms with Crippen molar-refractivity contribution < 1.29 is 0 Å². The van der Waals surface area contributed by atoms with Crippen molar-refractivity contribution in [2.75, 3.05) is 13.1 Å². The molecule has 0 amide bonds. The monoisotopic (exact) mass is 208 g/mol. The molecule has 0 unspecified atom stereocenters. The van der Waals surface area contributed by atoms with Gasteiger partial charge in [-0.3, -0.25) is 4.90 Å². The molecule has 2 nitrogen and oxygen atoms in total. The molecule has 0 aromatic heterocycles. The van der Waals surface area contributed by atoms with E-state index in [-0.39, 0.29) is 0 Å². The van der Waals surface area contributed by atoms with Gasteiger partial charge in [-0.05, 0) is 51.9 Å². The quantitative estimate of drug-likeness (QED) is 0.746. The zero-order chi connectivity index (χ0) is 10.7. The van der Waals surface area contributed by atoms with Gasteiger partial charge in [-0.2, -0.15) is 0 Å². The van der Waals surface area contributed by atoms with Gasteiger partial charge in [0.15, 0.2) is 0 Å². The maximum Gasteiger partial charge on any atom is 0.0125 e. The lowest BCUT2D eigenvalue weighted by atomic mass is 9.59. The minimum absolute atomic E-state index is 0.389. The number of nitrogens with zero attached hydrogens (tertiary/aromatic N) is 1. The largest absolute Gasteiger partial charge is 0.311 e. The van der Waals surface area contributed by atoms with E-state index >= 15 is 0 Å². The van der Waals surface area contributed by atoms with E-state index in [2.05, 4.69) is 31.0 Å². The lowest BCUT2D eigenvalue weighted by molar-refractivity contribution is -0.118. The normalized spacial score (nSPS) is 31.4. The lowest BCUT2D eigenvalue weighted by Crippen LogP contribution is -2.69. The van der Waals surface area contributed by atoms with Crippen molar-refractivity contribution in [1.29, 1.82) is 0 Å². The van der Waals surface area contributed by atoms with E-state index in [4.69, 9.17) is 0 Å². The lowest BCUT2D eigenvalue weighted by Gasteiger charge is -2.63. The van der Waals surface area contributed by atoms with Gasteiger partial charge in [0.2, 0.25) is 0 Å². The first-order valence-electron chi connectivity index (χ1n) is 6.48. The standard InChI is InChI=1S/C13H24N2/c1-12(2,3)15-8-13(9-15)6-11(7-13)14-10-4-5-10/h10-11,14H,4-9H2,1-3H3. The van der Waals surface area contributed by atoms with Crippen molar-refractivity contribution in [3.8, 4) is 0 Å². The summed E-state index contributed by atoms with van der Waals surface area (Å²) in [5, 5.41) is 3.75. The van der Waals surface area contributed by atoms with Crippen molar-refractivity contribution in [1.82, 2.24) is 10.2 Å². The summed E-state index contributed by atoms with van der Waals surface area (Å²) in [6, 6.07) is 1.76. The summed E-state index contributed by atoms with van der Waals surface area (Å²) in [5.41, 5.74) is 1.11. The summed E-state index contributed by atoms with van der Waals surface area (Å²) in [6.45, 7) is 9.69. The summed E-state index contributed by atoms with van der Waals surface area (Å²) in [4.78, 5) is 2.63. The second kappa shape index (κ2) is 2.98. The summed E-state index contributed by atoms with van der Waals surface area (Å²) < 4.78 is 0. The molecule has 1 saturated heterocycles. The van der Waals surface area contributed by atoms with Gasteiger partial charge in [-0.25, -0.2) is 0 Å². The van der Waals surface area contributed by atoms with Crippen LogP contribution < -0.4 is 5.32 Å². The Hall–Kier alpha value is -0.0800. The van der Waals surface area contributed by atoms with E-state index in [0.717, 1.165) is 17.5 Å². The Morgan fingerprint density at radius 1 is 1.07 bits per heavy atom. The molecule has 0 aromatic carbocycles. The van der Waals surface area contributed by atoms with Gasteiger partial charge in [0.1, 0.15) is 0 Å². The van der Waals surface area contributed by atoms with Gasteiger partial charge in [-0.1, -0.05) is 0 Å². The Balaban J connectivity index is 1.44. The molecule has 15 heavy (non-hydrogen) atoms. The molecule has 3 rings (SSSR count). The van der Waals surface area contributed by atoms with Crippen LogP contribution in [-0.4, -0.2) is 35.6 Å². The van der Waals surface area contributed by atoms with Crippen molar-refractivity contribution >= 4 is 0 Å². The topological polar surface area (TPSA) is 15.3 Å². The summed E-state index contributed by atoms with van der Waals surface area (Å²) >= 11 is 0. The van der Waals surface area contributed by atoms with E-state index in [1.165, 1.54) is 38.8 Å². The van der Waals surface area contributed by atoms with Crippen molar-refractivity contribution in [2.45, 2.75) is 64.1 Å². The fourth-order valence-corrected chi connectivity index (χ4v) is 3.18. The van der Waals surface area contributed by atoms with E-state index < -0.39 is 0 Å². The third-order valence-corrected chi connectivity index (χ3v) is 4.41. The zero-order valence-electron chi connectivity index (χ0n) is 10.3. The number of rotatable bonds is 2. The number of nitrogens with one attached hydrogen (secondary N) is 1. The fourth-order valence-electron chi connectivity index (χ4n) is 3.18. The Morgan fingerprint density at radius 2 is 1.67 bits per heavy atom. The van der Waals surface area contributed by atoms with Crippen LogP contribution in [0.5, 0.6) is 0 Å². The molecule has 0 atom stereocenters. The molecule has 1 aliphatic heterocycles. The van der Waals surface area contributed by atoms with Crippen LogP contribution in [0.15, 0.2) is 0 Å².